The van der Waals surface area contributed by atoms with Crippen LogP contribution >= 0.6 is 0 Å². The van der Waals surface area contributed by atoms with Gasteiger partial charge < -0.3 is 10.6 Å². The summed E-state index contributed by atoms with van der Waals surface area (Å²) in [6.45, 7) is 6.06. The second-order valence-electron chi connectivity index (χ2n) is 3.73. The number of hydrogen-bond donors (Lipinski definition) is 2. The van der Waals surface area contributed by atoms with Crippen LogP contribution in [0.4, 0.5) is 4.39 Å². The van der Waals surface area contributed by atoms with Gasteiger partial charge in [0, 0.05) is 12.1 Å². The van der Waals surface area contributed by atoms with E-state index in [0.29, 0.717) is 12.1 Å². The Bertz CT molecular complexity index is 393. The van der Waals surface area contributed by atoms with E-state index in [1.54, 1.807) is 31.2 Å². The van der Waals surface area contributed by atoms with Gasteiger partial charge in [0.1, 0.15) is 5.82 Å². The predicted octanol–water partition coefficient (Wildman–Crippen LogP) is 1.78. The van der Waals surface area contributed by atoms with Gasteiger partial charge in [-0.1, -0.05) is 24.3 Å². The van der Waals surface area contributed by atoms with Crippen LogP contribution in [0.5, 0.6) is 0 Å². The standard InChI is InChI=1S/C13H17FN2O/c1-3-8-15-9-13(17)16-10(2)11-6-4-5-7-12(11)14/h3-7,10,15H,1,8-9H2,2H3,(H,16,17). The molecule has 1 unspecified atom stereocenters. The fourth-order valence-electron chi connectivity index (χ4n) is 1.48. The number of rotatable bonds is 6. The van der Waals surface area contributed by atoms with E-state index < -0.39 is 0 Å². The van der Waals surface area contributed by atoms with Crippen molar-refractivity contribution in [3.8, 4) is 0 Å². The van der Waals surface area contributed by atoms with E-state index in [9.17, 15) is 9.18 Å². The van der Waals surface area contributed by atoms with Crippen molar-refractivity contribution < 1.29 is 9.18 Å². The first-order chi connectivity index (χ1) is 8.15. The van der Waals surface area contributed by atoms with Crippen LogP contribution in [0, 0.1) is 5.82 Å². The maximum atomic E-state index is 13.4. The zero-order valence-corrected chi connectivity index (χ0v) is 9.87. The van der Waals surface area contributed by atoms with Crippen LogP contribution in [-0.4, -0.2) is 19.0 Å². The van der Waals surface area contributed by atoms with Crippen molar-refractivity contribution in [2.24, 2.45) is 0 Å². The number of nitrogens with one attached hydrogen (secondary N) is 2. The fourth-order valence-corrected chi connectivity index (χ4v) is 1.48. The quantitative estimate of drug-likeness (QED) is 0.584. The Morgan fingerprint density at radius 3 is 2.88 bits per heavy atom. The van der Waals surface area contributed by atoms with Crippen LogP contribution in [0.3, 0.4) is 0 Å². The third-order valence-corrected chi connectivity index (χ3v) is 2.32. The molecule has 17 heavy (non-hydrogen) atoms. The zero-order chi connectivity index (χ0) is 12.7. The summed E-state index contributed by atoms with van der Waals surface area (Å²) in [5.74, 6) is -0.470. The minimum absolute atomic E-state index is 0.164. The van der Waals surface area contributed by atoms with Gasteiger partial charge >= 0.3 is 0 Å². The molecule has 0 heterocycles. The van der Waals surface area contributed by atoms with Crippen molar-refractivity contribution in [3.05, 3.63) is 48.3 Å². The molecule has 0 fully saturated rings. The SMILES string of the molecule is C=CCNCC(=O)NC(C)c1ccccc1F. The smallest absolute Gasteiger partial charge is 0.234 e. The third-order valence-electron chi connectivity index (χ3n) is 2.32. The van der Waals surface area contributed by atoms with E-state index in [0.717, 1.165) is 0 Å². The molecule has 4 heteroatoms. The molecule has 0 aliphatic carbocycles. The van der Waals surface area contributed by atoms with Crippen molar-refractivity contribution in [2.45, 2.75) is 13.0 Å². The molecular weight excluding hydrogens is 219 g/mol. The summed E-state index contributed by atoms with van der Waals surface area (Å²) in [5, 5.41) is 5.60. The number of halogens is 1. The second kappa shape index (κ2) is 6.81. The first-order valence-corrected chi connectivity index (χ1v) is 5.50. The maximum absolute atomic E-state index is 13.4. The van der Waals surface area contributed by atoms with E-state index in [1.807, 2.05) is 0 Å². The lowest BCUT2D eigenvalue weighted by Crippen LogP contribution is -2.35. The predicted molar refractivity (Wildman–Crippen MR) is 66.0 cm³/mol. The van der Waals surface area contributed by atoms with Gasteiger partial charge in [-0.05, 0) is 13.0 Å². The molecule has 3 nitrogen and oxygen atoms in total. The number of carbonyl (C=O) groups is 1. The lowest BCUT2D eigenvalue weighted by molar-refractivity contribution is -0.120. The van der Waals surface area contributed by atoms with Gasteiger partial charge in [0.15, 0.2) is 0 Å². The highest BCUT2D eigenvalue weighted by atomic mass is 19.1. The summed E-state index contributed by atoms with van der Waals surface area (Å²) < 4.78 is 13.4. The second-order valence-corrected chi connectivity index (χ2v) is 3.73. The van der Waals surface area contributed by atoms with Crippen LogP contribution in [-0.2, 0) is 4.79 Å². The van der Waals surface area contributed by atoms with Crippen molar-refractivity contribution in [1.29, 1.82) is 0 Å². The average molecular weight is 236 g/mol. The largest absolute Gasteiger partial charge is 0.348 e. The minimum atomic E-state index is -0.339. The molecule has 0 aliphatic heterocycles. The molecule has 0 spiro atoms. The summed E-state index contributed by atoms with van der Waals surface area (Å²) in [4.78, 5) is 11.5. The zero-order valence-electron chi connectivity index (χ0n) is 9.87. The molecular formula is C13H17FN2O. The molecule has 0 radical (unpaired) electrons. The van der Waals surface area contributed by atoms with Crippen LogP contribution in [0.25, 0.3) is 0 Å². The van der Waals surface area contributed by atoms with Crippen LogP contribution in [0.2, 0.25) is 0 Å². The highest BCUT2D eigenvalue weighted by Crippen LogP contribution is 2.15. The Balaban J connectivity index is 2.49. The van der Waals surface area contributed by atoms with Crippen LogP contribution < -0.4 is 10.6 Å². The maximum Gasteiger partial charge on any atom is 0.234 e. The Hall–Kier alpha value is -1.68. The number of hydrogen-bond acceptors (Lipinski definition) is 2. The molecule has 0 saturated carbocycles. The molecule has 1 aromatic rings. The summed E-state index contributed by atoms with van der Waals surface area (Å²) in [5.41, 5.74) is 0.490. The highest BCUT2D eigenvalue weighted by molar-refractivity contribution is 5.78. The number of amides is 1. The van der Waals surface area contributed by atoms with Crippen LogP contribution in [0.1, 0.15) is 18.5 Å². The molecule has 0 bridgehead atoms. The van der Waals surface area contributed by atoms with Crippen molar-refractivity contribution in [1.82, 2.24) is 10.6 Å². The molecule has 0 aromatic heterocycles. The van der Waals surface area contributed by atoms with E-state index in [4.69, 9.17) is 0 Å². The summed E-state index contributed by atoms with van der Waals surface area (Å²) in [6.07, 6.45) is 1.67. The minimum Gasteiger partial charge on any atom is -0.348 e. The van der Waals surface area contributed by atoms with E-state index in [2.05, 4.69) is 17.2 Å². The van der Waals surface area contributed by atoms with Crippen molar-refractivity contribution in [3.63, 3.8) is 0 Å². The molecule has 1 amide bonds. The van der Waals surface area contributed by atoms with Crippen molar-refractivity contribution >= 4 is 5.91 Å². The Labute approximate surface area is 101 Å². The lowest BCUT2D eigenvalue weighted by Gasteiger charge is -2.15. The highest BCUT2D eigenvalue weighted by Gasteiger charge is 2.12. The van der Waals surface area contributed by atoms with E-state index in [-0.39, 0.29) is 24.3 Å². The Kier molecular flexibility index (Phi) is 5.36. The Morgan fingerprint density at radius 2 is 2.24 bits per heavy atom. The number of carbonyl (C=O) groups excluding carboxylic acids is 1. The monoisotopic (exact) mass is 236 g/mol. The van der Waals surface area contributed by atoms with E-state index in [1.165, 1.54) is 6.07 Å². The fraction of sp³-hybridized carbons (Fsp3) is 0.308. The Morgan fingerprint density at radius 1 is 1.53 bits per heavy atom. The molecule has 1 atom stereocenters. The van der Waals surface area contributed by atoms with Gasteiger partial charge in [0.25, 0.3) is 0 Å². The summed E-state index contributed by atoms with van der Waals surface area (Å²) in [7, 11) is 0. The summed E-state index contributed by atoms with van der Waals surface area (Å²) in [6, 6.07) is 6.08. The van der Waals surface area contributed by atoms with Gasteiger partial charge in [-0.25, -0.2) is 4.39 Å². The van der Waals surface area contributed by atoms with Crippen molar-refractivity contribution in [2.75, 3.05) is 13.1 Å². The number of benzene rings is 1. The molecule has 1 aromatic carbocycles. The first-order valence-electron chi connectivity index (χ1n) is 5.50. The molecule has 2 N–H and O–H groups in total. The van der Waals surface area contributed by atoms with Gasteiger partial charge in [0.05, 0.1) is 12.6 Å². The molecule has 1 rings (SSSR count). The van der Waals surface area contributed by atoms with Gasteiger partial charge in [0.2, 0.25) is 5.91 Å². The lowest BCUT2D eigenvalue weighted by atomic mass is 10.1. The average Bonchev–Trinajstić information content (AvgIpc) is 2.29. The van der Waals surface area contributed by atoms with Gasteiger partial charge in [-0.3, -0.25) is 4.79 Å². The van der Waals surface area contributed by atoms with Gasteiger partial charge in [-0.2, -0.15) is 0 Å². The topological polar surface area (TPSA) is 41.1 Å². The molecule has 92 valence electrons. The first kappa shape index (κ1) is 13.4. The molecule has 0 aliphatic rings. The van der Waals surface area contributed by atoms with E-state index >= 15 is 0 Å². The summed E-state index contributed by atoms with van der Waals surface area (Å²) >= 11 is 0. The third kappa shape index (κ3) is 4.36. The van der Waals surface area contributed by atoms with Crippen LogP contribution in [0.15, 0.2) is 36.9 Å². The van der Waals surface area contributed by atoms with Gasteiger partial charge in [-0.15, -0.1) is 6.58 Å². The molecule has 0 saturated heterocycles. The normalized spacial score (nSPS) is 11.9.